The van der Waals surface area contributed by atoms with Crippen molar-refractivity contribution in [1.29, 1.82) is 0 Å². The minimum Gasteiger partial charge on any atom is -0.481 e. The molecule has 1 unspecified atom stereocenters. The van der Waals surface area contributed by atoms with Crippen LogP contribution in [0.15, 0.2) is 18.3 Å². The predicted molar refractivity (Wildman–Crippen MR) is 60.5 cm³/mol. The van der Waals surface area contributed by atoms with E-state index in [1.807, 2.05) is 19.1 Å². The second-order valence-electron chi connectivity index (χ2n) is 3.56. The van der Waals surface area contributed by atoms with Crippen LogP contribution in [-0.2, 0) is 9.53 Å². The topological polar surface area (TPSA) is 71.5 Å². The quantitative estimate of drug-likeness (QED) is 0.761. The number of hydrogen-bond donors (Lipinski definition) is 2. The van der Waals surface area contributed by atoms with E-state index in [0.29, 0.717) is 6.54 Å². The summed E-state index contributed by atoms with van der Waals surface area (Å²) in [4.78, 5) is 14.7. The molecule has 0 saturated carbocycles. The summed E-state index contributed by atoms with van der Waals surface area (Å²) < 4.78 is 5.04. The maximum atomic E-state index is 10.5. The monoisotopic (exact) mass is 224 g/mol. The SMILES string of the molecule is COC(CNc1ccc(C)cn1)CC(=O)O. The molecule has 0 radical (unpaired) electrons. The van der Waals surface area contributed by atoms with Crippen molar-refractivity contribution in [2.75, 3.05) is 19.0 Å². The van der Waals surface area contributed by atoms with E-state index in [0.717, 1.165) is 11.4 Å². The standard InChI is InChI=1S/C11H16N2O3/c1-8-3-4-10(12-6-8)13-7-9(16-2)5-11(14)15/h3-4,6,9H,5,7H2,1-2H3,(H,12,13)(H,14,15). The summed E-state index contributed by atoms with van der Waals surface area (Å²) in [5.74, 6) is -0.149. The molecular weight excluding hydrogens is 208 g/mol. The van der Waals surface area contributed by atoms with Crippen LogP contribution in [0, 0.1) is 6.92 Å². The van der Waals surface area contributed by atoms with E-state index in [4.69, 9.17) is 9.84 Å². The van der Waals surface area contributed by atoms with E-state index in [1.54, 1.807) is 6.20 Å². The molecule has 5 nitrogen and oxygen atoms in total. The molecule has 1 rings (SSSR count). The van der Waals surface area contributed by atoms with E-state index >= 15 is 0 Å². The fourth-order valence-corrected chi connectivity index (χ4v) is 1.22. The molecule has 0 aliphatic rings. The Morgan fingerprint density at radius 3 is 2.88 bits per heavy atom. The molecule has 0 fully saturated rings. The van der Waals surface area contributed by atoms with Gasteiger partial charge in [0.05, 0.1) is 12.5 Å². The van der Waals surface area contributed by atoms with E-state index in [2.05, 4.69) is 10.3 Å². The van der Waals surface area contributed by atoms with Gasteiger partial charge in [0.2, 0.25) is 0 Å². The van der Waals surface area contributed by atoms with Gasteiger partial charge in [0, 0.05) is 19.9 Å². The molecule has 0 amide bonds. The molecule has 88 valence electrons. The van der Waals surface area contributed by atoms with Crippen LogP contribution in [-0.4, -0.2) is 35.8 Å². The van der Waals surface area contributed by atoms with Crippen LogP contribution in [0.3, 0.4) is 0 Å². The van der Waals surface area contributed by atoms with Crippen molar-refractivity contribution >= 4 is 11.8 Å². The lowest BCUT2D eigenvalue weighted by atomic mass is 10.2. The van der Waals surface area contributed by atoms with Gasteiger partial charge in [0.25, 0.3) is 0 Å². The molecule has 1 heterocycles. The van der Waals surface area contributed by atoms with Crippen molar-refractivity contribution < 1.29 is 14.6 Å². The van der Waals surface area contributed by atoms with Crippen LogP contribution in [0.2, 0.25) is 0 Å². The molecule has 1 aromatic rings. The Morgan fingerprint density at radius 2 is 2.38 bits per heavy atom. The molecule has 1 atom stereocenters. The Kier molecular flexibility index (Phi) is 4.72. The van der Waals surface area contributed by atoms with Gasteiger partial charge in [-0.25, -0.2) is 4.98 Å². The largest absolute Gasteiger partial charge is 0.481 e. The van der Waals surface area contributed by atoms with Crippen molar-refractivity contribution in [3.63, 3.8) is 0 Å². The number of aromatic nitrogens is 1. The number of hydrogen-bond acceptors (Lipinski definition) is 4. The minimum atomic E-state index is -0.870. The van der Waals surface area contributed by atoms with Gasteiger partial charge in [0.15, 0.2) is 0 Å². The molecule has 0 spiro atoms. The normalized spacial score (nSPS) is 12.1. The van der Waals surface area contributed by atoms with E-state index in [1.165, 1.54) is 7.11 Å². The maximum absolute atomic E-state index is 10.5. The number of ether oxygens (including phenoxy) is 1. The fourth-order valence-electron chi connectivity index (χ4n) is 1.22. The Morgan fingerprint density at radius 1 is 1.62 bits per heavy atom. The number of aryl methyl sites for hydroxylation is 1. The Labute approximate surface area is 94.5 Å². The second-order valence-corrected chi connectivity index (χ2v) is 3.56. The van der Waals surface area contributed by atoms with Crippen LogP contribution in [0.4, 0.5) is 5.82 Å². The first-order chi connectivity index (χ1) is 7.61. The van der Waals surface area contributed by atoms with Crippen molar-refractivity contribution in [1.82, 2.24) is 4.98 Å². The minimum absolute atomic E-state index is 0.0185. The number of methoxy groups -OCH3 is 1. The van der Waals surface area contributed by atoms with Crippen LogP contribution in [0.5, 0.6) is 0 Å². The molecule has 2 N–H and O–H groups in total. The number of nitrogens with one attached hydrogen (secondary N) is 1. The third-order valence-electron chi connectivity index (χ3n) is 2.16. The number of aliphatic carboxylic acids is 1. The van der Waals surface area contributed by atoms with Crippen molar-refractivity contribution in [2.45, 2.75) is 19.4 Å². The van der Waals surface area contributed by atoms with Crippen LogP contribution >= 0.6 is 0 Å². The number of anilines is 1. The summed E-state index contributed by atoms with van der Waals surface area (Å²) >= 11 is 0. The molecule has 0 saturated heterocycles. The number of carboxylic acid groups (broad SMARTS) is 1. The zero-order valence-corrected chi connectivity index (χ0v) is 9.43. The van der Waals surface area contributed by atoms with Crippen LogP contribution in [0.1, 0.15) is 12.0 Å². The summed E-state index contributed by atoms with van der Waals surface area (Å²) in [6, 6.07) is 3.79. The van der Waals surface area contributed by atoms with E-state index in [9.17, 15) is 4.79 Å². The smallest absolute Gasteiger partial charge is 0.306 e. The van der Waals surface area contributed by atoms with Gasteiger partial charge in [-0.1, -0.05) is 6.07 Å². The van der Waals surface area contributed by atoms with E-state index in [-0.39, 0.29) is 12.5 Å². The highest BCUT2D eigenvalue weighted by Gasteiger charge is 2.11. The molecule has 5 heteroatoms. The zero-order chi connectivity index (χ0) is 12.0. The fraction of sp³-hybridized carbons (Fsp3) is 0.455. The van der Waals surface area contributed by atoms with E-state index < -0.39 is 5.97 Å². The highest BCUT2D eigenvalue weighted by molar-refractivity contribution is 5.67. The third kappa shape index (κ3) is 4.27. The first-order valence-electron chi connectivity index (χ1n) is 5.03. The van der Waals surface area contributed by atoms with Gasteiger partial charge >= 0.3 is 5.97 Å². The summed E-state index contributed by atoms with van der Waals surface area (Å²) in [7, 11) is 1.50. The Hall–Kier alpha value is -1.62. The van der Waals surface area contributed by atoms with Crippen molar-refractivity contribution in [3.05, 3.63) is 23.9 Å². The van der Waals surface area contributed by atoms with Crippen molar-refractivity contribution in [2.24, 2.45) is 0 Å². The summed E-state index contributed by atoms with van der Waals surface area (Å²) in [6.07, 6.45) is 1.39. The Bertz CT molecular complexity index is 338. The van der Waals surface area contributed by atoms with Gasteiger partial charge in [-0.3, -0.25) is 4.79 Å². The molecule has 16 heavy (non-hydrogen) atoms. The zero-order valence-electron chi connectivity index (χ0n) is 9.43. The molecule has 0 bridgehead atoms. The Balaban J connectivity index is 2.43. The lowest BCUT2D eigenvalue weighted by molar-refractivity contribution is -0.139. The van der Waals surface area contributed by atoms with Gasteiger partial charge in [-0.2, -0.15) is 0 Å². The molecule has 1 aromatic heterocycles. The van der Waals surface area contributed by atoms with Gasteiger partial charge in [-0.05, 0) is 18.6 Å². The average Bonchev–Trinajstić information content (AvgIpc) is 2.26. The highest BCUT2D eigenvalue weighted by atomic mass is 16.5. The average molecular weight is 224 g/mol. The van der Waals surface area contributed by atoms with Gasteiger partial charge < -0.3 is 15.2 Å². The molecule has 0 aliphatic carbocycles. The summed E-state index contributed by atoms with van der Waals surface area (Å²) in [6.45, 7) is 2.39. The van der Waals surface area contributed by atoms with Gasteiger partial charge in [0.1, 0.15) is 5.82 Å². The molecule has 0 aromatic carbocycles. The highest BCUT2D eigenvalue weighted by Crippen LogP contribution is 2.05. The van der Waals surface area contributed by atoms with Gasteiger partial charge in [-0.15, -0.1) is 0 Å². The summed E-state index contributed by atoms with van der Waals surface area (Å²) in [5.41, 5.74) is 1.08. The third-order valence-corrected chi connectivity index (χ3v) is 2.16. The number of pyridine rings is 1. The van der Waals surface area contributed by atoms with Crippen molar-refractivity contribution in [3.8, 4) is 0 Å². The van der Waals surface area contributed by atoms with Crippen LogP contribution < -0.4 is 5.32 Å². The first kappa shape index (κ1) is 12.4. The lowest BCUT2D eigenvalue weighted by Gasteiger charge is -2.14. The number of carbonyl (C=O) groups is 1. The number of nitrogens with zero attached hydrogens (tertiary/aromatic N) is 1. The number of carboxylic acids is 1. The molecule has 0 aliphatic heterocycles. The first-order valence-corrected chi connectivity index (χ1v) is 5.03. The summed E-state index contributed by atoms with van der Waals surface area (Å²) in [5, 5.41) is 11.7. The molecular formula is C11H16N2O3. The predicted octanol–water partition coefficient (Wildman–Crippen LogP) is 1.29. The maximum Gasteiger partial charge on any atom is 0.306 e. The lowest BCUT2D eigenvalue weighted by Crippen LogP contribution is -2.25. The van der Waals surface area contributed by atoms with Crippen LogP contribution in [0.25, 0.3) is 0 Å². The second kappa shape index (κ2) is 6.07. The number of rotatable bonds is 6.